The summed E-state index contributed by atoms with van der Waals surface area (Å²) in [4.78, 5) is 37.2. The van der Waals surface area contributed by atoms with E-state index < -0.39 is 273 Å². The van der Waals surface area contributed by atoms with Gasteiger partial charge in [-0.3, -0.25) is 14.4 Å². The molecule has 38 heteroatoms. The van der Waals surface area contributed by atoms with Gasteiger partial charge in [0.2, 0.25) is 17.7 Å². The third-order valence-corrected chi connectivity index (χ3v) is 15.3. The van der Waals surface area contributed by atoms with Crippen LogP contribution < -0.4 is 16.0 Å². The highest BCUT2D eigenvalue weighted by molar-refractivity contribution is 5.74. The topological polar surface area (TPSA) is 592 Å². The van der Waals surface area contributed by atoms with Gasteiger partial charge in [-0.15, -0.1) is 0 Å². The molecule has 0 spiro atoms. The Morgan fingerprint density at radius 2 is 0.753 bits per heavy atom. The monoisotopic (exact) mass is 1250 g/mol. The van der Waals surface area contributed by atoms with E-state index in [4.69, 9.17) is 61.6 Å². The van der Waals surface area contributed by atoms with E-state index in [1.54, 1.807) is 0 Å². The molecule has 7 rings (SSSR count). The van der Waals surface area contributed by atoms with Gasteiger partial charge in [-0.2, -0.15) is 0 Å². The largest absolute Gasteiger partial charge is 0.394 e. The molecule has 22 N–H and O–H groups in total. The average molecular weight is 1250 g/mol. The minimum atomic E-state index is -2.32. The Morgan fingerprint density at radius 3 is 1.31 bits per heavy atom. The SMILES string of the molecule is CC(=O)N[C@H]1[C@H](O[C@H]2[C@H](O)[C@@H](NC(C)=O)C(O)O[C@@H]2CO)O[C@H](CO)[C@@H](O[C@@H]2O[C@H](CO[C@H]3O[C@H](CO)[C@@H](O)[C@H](O)[C@@H]3O[C@@H]3O[C@H](CO)[C@@H](O)[C@H](O)[C@H]3NC(C)=O)[C@@H](O)[C@H](O[C@H]3O[C@H](CO)[C@@H](O)[C@H](O)[C@@H]3O)[C@@H]2O[C@@H]2OC[C@@H](O)[C@H](O)[C@H]2O)[C@@H]1O. The zero-order valence-electron chi connectivity index (χ0n) is 45.6. The number of carbonyl (C=O) groups excluding carboxylic acids is 3. The van der Waals surface area contributed by atoms with Gasteiger partial charge < -0.3 is 175 Å². The van der Waals surface area contributed by atoms with Crippen LogP contribution in [0.5, 0.6) is 0 Å². The average Bonchev–Trinajstić information content (AvgIpc) is 3.11. The smallest absolute Gasteiger partial charge is 0.217 e. The van der Waals surface area contributed by atoms with Crippen molar-refractivity contribution in [1.29, 1.82) is 0 Å². The third kappa shape index (κ3) is 15.5. The molecule has 0 aromatic heterocycles. The maximum Gasteiger partial charge on any atom is 0.217 e. The van der Waals surface area contributed by atoms with Crippen molar-refractivity contribution in [2.45, 2.75) is 229 Å². The van der Waals surface area contributed by atoms with Crippen molar-refractivity contribution in [1.82, 2.24) is 16.0 Å². The van der Waals surface area contributed by atoms with Crippen LogP contribution in [0.1, 0.15) is 20.8 Å². The van der Waals surface area contributed by atoms with E-state index in [1.165, 1.54) is 0 Å². The van der Waals surface area contributed by atoms with Crippen LogP contribution in [0, 0.1) is 0 Å². The second kappa shape index (κ2) is 30.3. The van der Waals surface area contributed by atoms with Crippen molar-refractivity contribution < 1.29 is 173 Å². The lowest BCUT2D eigenvalue weighted by Crippen LogP contribution is -2.71. The van der Waals surface area contributed by atoms with E-state index in [0.717, 1.165) is 20.8 Å². The lowest BCUT2D eigenvalue weighted by Gasteiger charge is -2.51. The second-order valence-corrected chi connectivity index (χ2v) is 21.4. The molecule has 7 heterocycles. The standard InChI is InChI=1S/C47H79N3O35/c1-11(56)48-21-30(66)36(18(7-54)75-41(21)72)81-43-23(50-13(3)58)31(67)37(19(8-55)79-43)82-47-40(85-44-34(70)24(60)14(59)9-73-44)38(83-45-35(71)32(68)26(62)16(5-52)77-45)28(64)20(80-47)10-74-46-39(33(69)27(63)17(6-53)78-46)84-42-22(49-12(2)57)29(65)25(61)15(4-51)76-42/h14-47,51-55,59-72H,4-10H2,1-3H3,(H,48,56)(H,49,57)(H,50,58)/t14-,15-,16-,17-,18-,19-,20-,21-,22-,23-,24+,25-,26-,27-,28-,29-,30-,31-,32+,33+,34-,35+,36-,37-,38+,39+,40+,41?,42+,43+,44+,45-,46+,47+/m1/s1. The second-order valence-electron chi connectivity index (χ2n) is 21.4. The molecule has 0 saturated carbocycles. The number of hydrogen-bond acceptors (Lipinski definition) is 35. The fraction of sp³-hybridized carbons (Fsp3) is 0.936. The predicted molar refractivity (Wildman–Crippen MR) is 261 cm³/mol. The zero-order valence-corrected chi connectivity index (χ0v) is 45.6. The highest BCUT2D eigenvalue weighted by atomic mass is 16.8. The van der Waals surface area contributed by atoms with Gasteiger partial charge in [-0.05, 0) is 0 Å². The number of amides is 3. The molecule has 492 valence electrons. The first-order valence-electron chi connectivity index (χ1n) is 27.0. The Morgan fingerprint density at radius 1 is 0.353 bits per heavy atom. The zero-order chi connectivity index (χ0) is 62.6. The molecule has 7 fully saturated rings. The summed E-state index contributed by atoms with van der Waals surface area (Å²) in [6.45, 7) is -3.81. The molecule has 7 aliphatic rings. The molecule has 0 radical (unpaired) electrons. The van der Waals surface area contributed by atoms with Crippen LogP contribution in [-0.4, -0.2) is 370 Å². The van der Waals surface area contributed by atoms with E-state index in [2.05, 4.69) is 16.0 Å². The molecule has 7 aliphatic heterocycles. The minimum absolute atomic E-state index is 0.735. The van der Waals surface area contributed by atoms with E-state index in [-0.39, 0.29) is 0 Å². The number of aliphatic hydroxyl groups excluding tert-OH is 19. The lowest BCUT2D eigenvalue weighted by atomic mass is 9.93. The van der Waals surface area contributed by atoms with Gasteiger partial charge in [0.05, 0.1) is 46.2 Å². The lowest BCUT2D eigenvalue weighted by molar-refractivity contribution is -0.405. The number of nitrogens with one attached hydrogen (secondary N) is 3. The first kappa shape index (κ1) is 69.6. The normalized spacial score (nSPS) is 48.9. The number of carbonyl (C=O) groups is 3. The summed E-state index contributed by atoms with van der Waals surface area (Å²) in [5.41, 5.74) is 0. The van der Waals surface area contributed by atoms with Gasteiger partial charge in [-0.25, -0.2) is 0 Å². The van der Waals surface area contributed by atoms with Gasteiger partial charge in [0, 0.05) is 20.8 Å². The van der Waals surface area contributed by atoms with E-state index in [0.29, 0.717) is 0 Å². The van der Waals surface area contributed by atoms with Gasteiger partial charge in [0.15, 0.2) is 44.0 Å². The molecule has 0 aromatic rings. The van der Waals surface area contributed by atoms with Crippen molar-refractivity contribution >= 4 is 17.7 Å². The van der Waals surface area contributed by atoms with Crippen LogP contribution in [0.25, 0.3) is 0 Å². The molecule has 38 nitrogen and oxygen atoms in total. The van der Waals surface area contributed by atoms with Gasteiger partial charge in [0.1, 0.15) is 165 Å². The Balaban J connectivity index is 1.27. The Hall–Kier alpha value is -2.87. The van der Waals surface area contributed by atoms with Crippen LogP contribution in [0.2, 0.25) is 0 Å². The predicted octanol–water partition coefficient (Wildman–Crippen LogP) is -15.2. The van der Waals surface area contributed by atoms with Gasteiger partial charge >= 0.3 is 0 Å². The van der Waals surface area contributed by atoms with Crippen LogP contribution >= 0.6 is 0 Å². The van der Waals surface area contributed by atoms with Crippen LogP contribution in [-0.2, 0) is 76.0 Å². The van der Waals surface area contributed by atoms with Crippen LogP contribution in [0.3, 0.4) is 0 Å². The Labute approximate surface area is 481 Å². The van der Waals surface area contributed by atoms with Gasteiger partial charge in [0.25, 0.3) is 0 Å². The molecule has 3 amide bonds. The third-order valence-electron chi connectivity index (χ3n) is 15.3. The fourth-order valence-corrected chi connectivity index (χ4v) is 10.8. The van der Waals surface area contributed by atoms with Crippen molar-refractivity contribution in [3.8, 4) is 0 Å². The molecular formula is C47H79N3O35. The molecule has 0 aromatic carbocycles. The van der Waals surface area contributed by atoms with Crippen molar-refractivity contribution in [3.63, 3.8) is 0 Å². The Kier molecular flexibility index (Phi) is 24.8. The summed E-state index contributed by atoms with van der Waals surface area (Å²) < 4.78 is 76.7. The van der Waals surface area contributed by atoms with Crippen LogP contribution in [0.15, 0.2) is 0 Å². The number of aliphatic hydroxyl groups is 19. The highest BCUT2D eigenvalue weighted by Gasteiger charge is 2.59. The number of rotatable bonds is 21. The highest BCUT2D eigenvalue weighted by Crippen LogP contribution is 2.38. The van der Waals surface area contributed by atoms with Crippen molar-refractivity contribution in [2.24, 2.45) is 0 Å². The van der Waals surface area contributed by atoms with E-state index >= 15 is 0 Å². The quantitative estimate of drug-likeness (QED) is 0.0507. The summed E-state index contributed by atoms with van der Waals surface area (Å²) in [6, 6.07) is -5.12. The molecule has 0 bridgehead atoms. The molecule has 1 unspecified atom stereocenters. The first-order chi connectivity index (χ1) is 40.2. The maximum atomic E-state index is 12.9. The maximum absolute atomic E-state index is 12.9. The summed E-state index contributed by atoms with van der Waals surface area (Å²) >= 11 is 0. The molecule has 34 atom stereocenters. The van der Waals surface area contributed by atoms with E-state index in [9.17, 15) is 111 Å². The Bertz CT molecular complexity index is 2130. The van der Waals surface area contributed by atoms with Crippen LogP contribution in [0.4, 0.5) is 0 Å². The summed E-state index contributed by atoms with van der Waals surface area (Å²) in [7, 11) is 0. The molecular weight excluding hydrogens is 1170 g/mol. The summed E-state index contributed by atoms with van der Waals surface area (Å²) in [6.07, 6.45) is -61.7. The number of ether oxygens (including phenoxy) is 13. The molecule has 0 aliphatic carbocycles. The van der Waals surface area contributed by atoms with Gasteiger partial charge in [-0.1, -0.05) is 0 Å². The minimum Gasteiger partial charge on any atom is -0.394 e. The van der Waals surface area contributed by atoms with Crippen molar-refractivity contribution in [3.05, 3.63) is 0 Å². The first-order valence-corrected chi connectivity index (χ1v) is 27.0. The number of hydrogen-bond donors (Lipinski definition) is 22. The summed E-state index contributed by atoms with van der Waals surface area (Å²) in [5.74, 6) is -2.44. The van der Waals surface area contributed by atoms with Crippen molar-refractivity contribution in [2.75, 3.05) is 46.2 Å². The fourth-order valence-electron chi connectivity index (χ4n) is 10.8. The van der Waals surface area contributed by atoms with E-state index in [1.807, 2.05) is 0 Å². The summed E-state index contributed by atoms with van der Waals surface area (Å²) in [5, 5.41) is 214. The molecule has 85 heavy (non-hydrogen) atoms. The molecule has 7 saturated heterocycles.